The van der Waals surface area contributed by atoms with E-state index in [0.29, 0.717) is 82.9 Å². The van der Waals surface area contributed by atoms with Crippen LogP contribution >= 0.6 is 0 Å². The summed E-state index contributed by atoms with van der Waals surface area (Å²) in [5.74, 6) is -0.785. The minimum atomic E-state index is -1.02. The van der Waals surface area contributed by atoms with Crippen LogP contribution in [0, 0.1) is 0 Å². The molecule has 1 atom stereocenters. The number of rotatable bonds is 19. The number of pyridine rings is 1. The summed E-state index contributed by atoms with van der Waals surface area (Å²) in [6, 6.07) is 20.4. The molecule has 0 bridgehead atoms. The third kappa shape index (κ3) is 9.56. The van der Waals surface area contributed by atoms with Crippen LogP contribution in [0.4, 0.5) is 11.4 Å². The van der Waals surface area contributed by atoms with Crippen molar-refractivity contribution < 1.29 is 47.7 Å². The number of nitrogens with zero attached hydrogens (tertiary/aromatic N) is 4. The second-order valence-electron chi connectivity index (χ2n) is 15.5. The Morgan fingerprint density at radius 2 is 1.48 bits per heavy atom. The van der Waals surface area contributed by atoms with Crippen molar-refractivity contribution in [3.63, 3.8) is 0 Å². The predicted octanol–water partition coefficient (Wildman–Crippen LogP) is 4.52. The fraction of sp³-hybridized carbons (Fsp3) is 0.362. The van der Waals surface area contributed by atoms with Crippen LogP contribution in [-0.2, 0) is 28.6 Å². The normalized spacial score (nSPS) is 16.3. The van der Waals surface area contributed by atoms with Crippen LogP contribution in [-0.4, -0.2) is 142 Å². The van der Waals surface area contributed by atoms with Crippen molar-refractivity contribution in [3.05, 3.63) is 90.3 Å². The first-order valence-corrected chi connectivity index (χ1v) is 21.4. The van der Waals surface area contributed by atoms with Gasteiger partial charge in [0.1, 0.15) is 11.7 Å². The zero-order chi connectivity index (χ0) is 44.6. The molecule has 64 heavy (non-hydrogen) atoms. The van der Waals surface area contributed by atoms with Gasteiger partial charge in [0.15, 0.2) is 11.5 Å². The van der Waals surface area contributed by atoms with E-state index in [1.165, 1.54) is 0 Å². The quantitative estimate of drug-likeness (QED) is 0.0776. The molecule has 5 aromatic rings. The molecule has 5 heterocycles. The highest BCUT2D eigenvalue weighted by atomic mass is 16.5. The van der Waals surface area contributed by atoms with Gasteiger partial charge < -0.3 is 43.8 Å². The summed E-state index contributed by atoms with van der Waals surface area (Å²) in [6.45, 7) is 5.17. The lowest BCUT2D eigenvalue weighted by Gasteiger charge is -2.36. The number of ether oxygens (including phenoxy) is 5. The highest BCUT2D eigenvalue weighted by Crippen LogP contribution is 2.37. The van der Waals surface area contributed by atoms with Gasteiger partial charge in [-0.1, -0.05) is 24.3 Å². The summed E-state index contributed by atoms with van der Waals surface area (Å²) in [5, 5.41) is 6.36. The summed E-state index contributed by atoms with van der Waals surface area (Å²) >= 11 is 0. The highest BCUT2D eigenvalue weighted by molar-refractivity contribution is 6.25. The van der Waals surface area contributed by atoms with E-state index in [1.54, 1.807) is 32.4 Å². The minimum absolute atomic E-state index is 0.0579. The molecule has 3 aliphatic heterocycles. The molecule has 1 unspecified atom stereocenters. The average Bonchev–Trinajstić information content (AvgIpc) is 3.86. The molecule has 3 N–H and O–H groups in total. The number of carbonyl (C=O) groups excluding carboxylic acids is 5. The number of H-pyrrole nitrogens is 1. The Balaban J connectivity index is 0.690. The fourth-order valence-electron chi connectivity index (χ4n) is 8.26. The zero-order valence-corrected chi connectivity index (χ0v) is 35.9. The van der Waals surface area contributed by atoms with E-state index < -0.39 is 29.7 Å². The van der Waals surface area contributed by atoms with Gasteiger partial charge >= 0.3 is 0 Å². The molecule has 0 spiro atoms. The average molecular weight is 874 g/mol. The van der Waals surface area contributed by atoms with Crippen molar-refractivity contribution in [2.75, 3.05) is 96.8 Å². The van der Waals surface area contributed by atoms with Gasteiger partial charge in [-0.25, -0.2) is 4.98 Å². The monoisotopic (exact) mass is 873 g/mol. The highest BCUT2D eigenvalue weighted by Gasteiger charge is 2.45. The first kappa shape index (κ1) is 43.8. The molecule has 17 heteroatoms. The number of fused-ring (bicyclic) bond motifs is 2. The first-order chi connectivity index (χ1) is 31.2. The third-order valence-corrected chi connectivity index (χ3v) is 11.7. The van der Waals surface area contributed by atoms with Crippen LogP contribution in [0.2, 0.25) is 0 Å². The van der Waals surface area contributed by atoms with E-state index in [-0.39, 0.29) is 29.9 Å². The largest absolute Gasteiger partial charge is 0.493 e. The number of amides is 5. The van der Waals surface area contributed by atoms with Crippen LogP contribution in [0.5, 0.6) is 11.5 Å². The number of aromatic nitrogens is 2. The smallest absolute Gasteiger partial charge is 0.264 e. The Morgan fingerprint density at radius 1 is 0.766 bits per heavy atom. The van der Waals surface area contributed by atoms with Gasteiger partial charge in [0.05, 0.1) is 71.4 Å². The van der Waals surface area contributed by atoms with Gasteiger partial charge in [0, 0.05) is 79.4 Å². The molecule has 5 amide bonds. The van der Waals surface area contributed by atoms with Crippen molar-refractivity contribution >= 4 is 51.9 Å². The lowest BCUT2D eigenvalue weighted by molar-refractivity contribution is -0.136. The number of aromatic amines is 1. The summed E-state index contributed by atoms with van der Waals surface area (Å²) in [4.78, 5) is 76.2. The van der Waals surface area contributed by atoms with Crippen molar-refractivity contribution in [2.24, 2.45) is 0 Å². The molecule has 8 rings (SSSR count). The molecule has 0 saturated carbocycles. The number of hydrogen-bond acceptors (Lipinski definition) is 13. The molecule has 17 nitrogen and oxygen atoms in total. The summed E-state index contributed by atoms with van der Waals surface area (Å²) in [5.41, 5.74) is 6.89. The van der Waals surface area contributed by atoms with Gasteiger partial charge in [-0.05, 0) is 60.0 Å². The third-order valence-electron chi connectivity index (χ3n) is 11.7. The number of hydrogen-bond donors (Lipinski definition) is 3. The fourth-order valence-corrected chi connectivity index (χ4v) is 8.26. The molecule has 0 radical (unpaired) electrons. The van der Waals surface area contributed by atoms with Crippen molar-refractivity contribution in [1.29, 1.82) is 0 Å². The maximum absolute atomic E-state index is 13.2. The number of carbonyl (C=O) groups is 5. The zero-order valence-electron chi connectivity index (χ0n) is 35.9. The Bertz CT molecular complexity index is 2520. The van der Waals surface area contributed by atoms with E-state index in [4.69, 9.17) is 28.7 Å². The van der Waals surface area contributed by atoms with Gasteiger partial charge in [-0.3, -0.25) is 34.2 Å². The van der Waals surface area contributed by atoms with Crippen molar-refractivity contribution in [2.45, 2.75) is 25.3 Å². The second-order valence-corrected chi connectivity index (χ2v) is 15.5. The lowest BCUT2D eigenvalue weighted by atomic mass is 10.0. The number of piperazine rings is 1. The second kappa shape index (κ2) is 20.1. The molecule has 3 aromatic carbocycles. The van der Waals surface area contributed by atoms with Crippen molar-refractivity contribution in [3.8, 4) is 33.8 Å². The Kier molecular flexibility index (Phi) is 13.8. The number of anilines is 2. The molecule has 334 valence electrons. The molecule has 2 fully saturated rings. The predicted molar refractivity (Wildman–Crippen MR) is 238 cm³/mol. The van der Waals surface area contributed by atoms with Gasteiger partial charge in [-0.15, -0.1) is 0 Å². The summed E-state index contributed by atoms with van der Waals surface area (Å²) in [7, 11) is 3.25. The number of imide groups is 2. The van der Waals surface area contributed by atoms with E-state index in [2.05, 4.69) is 50.8 Å². The van der Waals surface area contributed by atoms with E-state index in [0.717, 1.165) is 57.0 Å². The van der Waals surface area contributed by atoms with Gasteiger partial charge in [-0.2, -0.15) is 0 Å². The number of nitrogens with one attached hydrogen (secondary N) is 3. The number of methoxy groups -OCH3 is 2. The maximum Gasteiger partial charge on any atom is 0.264 e. The van der Waals surface area contributed by atoms with Crippen LogP contribution in [0.25, 0.3) is 33.3 Å². The van der Waals surface area contributed by atoms with Crippen LogP contribution < -0.4 is 25.0 Å². The molecular formula is C47H51N7O10. The molecular weight excluding hydrogens is 823 g/mol. The van der Waals surface area contributed by atoms with Crippen LogP contribution in [0.3, 0.4) is 0 Å². The van der Waals surface area contributed by atoms with Crippen LogP contribution in [0.1, 0.15) is 40.0 Å². The Hall–Kier alpha value is -6.82. The number of benzene rings is 3. The van der Waals surface area contributed by atoms with E-state index in [9.17, 15) is 24.0 Å². The standard InChI is InChI=1S/C47H51N7O10/c1-60-39-12-8-31(27-40(39)61-2)36-29-50-44-35(36)26-32(28-49-44)30-6-9-33(10-7-30)52-16-18-53(19-17-52)42(56)14-20-62-22-24-64-25-23-63-21-15-48-37-5-3-4-34-43(37)47(59)54(46(34)58)38-11-13-41(55)51-45(38)57/h3-10,12,26-29,38,48H,11,13-25H2,1-2H3,(H,49,50)(H,51,55,57). The molecule has 0 aliphatic carbocycles. The Morgan fingerprint density at radius 3 is 2.22 bits per heavy atom. The molecule has 3 aliphatic rings. The summed E-state index contributed by atoms with van der Waals surface area (Å²) < 4.78 is 27.9. The van der Waals surface area contributed by atoms with Gasteiger partial charge in [0.2, 0.25) is 17.7 Å². The summed E-state index contributed by atoms with van der Waals surface area (Å²) in [6.07, 6.45) is 4.30. The topological polar surface area (TPSA) is 194 Å². The maximum atomic E-state index is 13.2. The molecule has 2 saturated heterocycles. The minimum Gasteiger partial charge on any atom is -0.493 e. The first-order valence-electron chi connectivity index (χ1n) is 21.4. The van der Waals surface area contributed by atoms with E-state index >= 15 is 0 Å². The van der Waals surface area contributed by atoms with Crippen LogP contribution in [0.15, 0.2) is 79.1 Å². The van der Waals surface area contributed by atoms with E-state index in [1.807, 2.05) is 35.5 Å². The molecule has 2 aromatic heterocycles. The van der Waals surface area contributed by atoms with Crippen molar-refractivity contribution in [1.82, 2.24) is 25.1 Å². The Labute approximate surface area is 369 Å². The number of piperidine rings is 1. The SMILES string of the molecule is COc1ccc(-c2c[nH]c3ncc(-c4ccc(N5CCN(C(=O)CCOCCOCCOCCNc6cccc7c6C(=O)N(C6CCC(=O)NC6=O)C7=O)CC5)cc4)cc23)cc1OC. The van der Waals surface area contributed by atoms with Gasteiger partial charge in [0.25, 0.3) is 11.8 Å². The lowest BCUT2D eigenvalue weighted by Crippen LogP contribution is -2.54.